The van der Waals surface area contributed by atoms with Crippen LogP contribution in [0.1, 0.15) is 16.9 Å². The Labute approximate surface area is 135 Å². The number of nitrogens with zero attached hydrogens (tertiary/aromatic N) is 1. The molecule has 1 aliphatic rings. The first kappa shape index (κ1) is 16.0. The number of aliphatic hydroxyl groups excluding tert-OH is 1. The normalized spacial score (nSPS) is 20.7. The molecule has 1 saturated heterocycles. The molecule has 3 N–H and O–H groups in total. The molecule has 1 aromatic heterocycles. The third-order valence-electron chi connectivity index (χ3n) is 3.57. The summed E-state index contributed by atoms with van der Waals surface area (Å²) in [7, 11) is 0. The van der Waals surface area contributed by atoms with Gasteiger partial charge in [0.2, 0.25) is 5.91 Å². The molecular weight excluding hydrogens is 324 g/mol. The number of aliphatic hydroxyl groups is 1. The number of carbonyl (C=O) groups excluding carboxylic acids is 1. The van der Waals surface area contributed by atoms with Crippen LogP contribution in [0.15, 0.2) is 24.4 Å². The van der Waals surface area contributed by atoms with Crippen LogP contribution in [0.4, 0.5) is 13.9 Å². The highest BCUT2D eigenvalue weighted by atomic mass is 32.1. The Bertz CT molecular complexity index is 722. The zero-order chi connectivity index (χ0) is 16.4. The molecule has 122 valence electrons. The van der Waals surface area contributed by atoms with E-state index in [1.54, 1.807) is 6.20 Å². The van der Waals surface area contributed by atoms with Crippen LogP contribution in [0.25, 0.3) is 0 Å². The second kappa shape index (κ2) is 6.69. The lowest BCUT2D eigenvalue weighted by Gasteiger charge is -2.08. The summed E-state index contributed by atoms with van der Waals surface area (Å²) in [5.41, 5.74) is 0.631. The second-order valence-electron chi connectivity index (χ2n) is 5.40. The van der Waals surface area contributed by atoms with Crippen LogP contribution in [0, 0.1) is 11.6 Å². The SMILES string of the molecule is O=C(Nc1ncc(Cc2ccc(F)c(F)c2)s1)C1CC(O)CN1. The molecule has 0 bridgehead atoms. The van der Waals surface area contributed by atoms with Crippen molar-refractivity contribution in [2.45, 2.75) is 25.0 Å². The number of aromatic nitrogens is 1. The van der Waals surface area contributed by atoms with E-state index >= 15 is 0 Å². The van der Waals surface area contributed by atoms with Crippen LogP contribution in [-0.2, 0) is 11.2 Å². The van der Waals surface area contributed by atoms with Gasteiger partial charge >= 0.3 is 0 Å². The third kappa shape index (κ3) is 3.90. The summed E-state index contributed by atoms with van der Waals surface area (Å²) < 4.78 is 26.1. The van der Waals surface area contributed by atoms with Crippen molar-refractivity contribution in [3.8, 4) is 0 Å². The lowest BCUT2D eigenvalue weighted by Crippen LogP contribution is -2.35. The van der Waals surface area contributed by atoms with Crippen molar-refractivity contribution in [1.29, 1.82) is 0 Å². The smallest absolute Gasteiger partial charge is 0.243 e. The maximum Gasteiger partial charge on any atom is 0.243 e. The van der Waals surface area contributed by atoms with Crippen molar-refractivity contribution >= 4 is 22.4 Å². The summed E-state index contributed by atoms with van der Waals surface area (Å²) in [6, 6.07) is 3.33. The molecule has 3 rings (SSSR count). The summed E-state index contributed by atoms with van der Waals surface area (Å²) >= 11 is 1.28. The van der Waals surface area contributed by atoms with Crippen molar-refractivity contribution in [1.82, 2.24) is 10.3 Å². The topological polar surface area (TPSA) is 74.2 Å². The highest BCUT2D eigenvalue weighted by Gasteiger charge is 2.28. The largest absolute Gasteiger partial charge is 0.392 e. The summed E-state index contributed by atoms with van der Waals surface area (Å²) in [6.07, 6.45) is 1.87. The van der Waals surface area contributed by atoms with Crippen molar-refractivity contribution in [2.24, 2.45) is 0 Å². The molecule has 2 unspecified atom stereocenters. The average molecular weight is 339 g/mol. The van der Waals surface area contributed by atoms with Crippen LogP contribution in [-0.4, -0.2) is 34.7 Å². The number of rotatable bonds is 4. The molecular formula is C15H15F2N3O2S. The van der Waals surface area contributed by atoms with Crippen LogP contribution in [0.3, 0.4) is 0 Å². The molecule has 23 heavy (non-hydrogen) atoms. The minimum absolute atomic E-state index is 0.240. The summed E-state index contributed by atoms with van der Waals surface area (Å²) in [5, 5.41) is 15.5. The molecule has 1 fully saturated rings. The van der Waals surface area contributed by atoms with Gasteiger partial charge in [-0.15, -0.1) is 11.3 Å². The monoisotopic (exact) mass is 339 g/mol. The van der Waals surface area contributed by atoms with E-state index in [0.717, 1.165) is 17.0 Å². The number of benzene rings is 1. The Morgan fingerprint density at radius 3 is 2.96 bits per heavy atom. The van der Waals surface area contributed by atoms with Crippen molar-refractivity contribution < 1.29 is 18.7 Å². The number of hydrogen-bond acceptors (Lipinski definition) is 5. The quantitative estimate of drug-likeness (QED) is 0.792. The fraction of sp³-hybridized carbons (Fsp3) is 0.333. The first-order valence-electron chi connectivity index (χ1n) is 7.12. The Hall–Kier alpha value is -1.90. The number of thiazole rings is 1. The van der Waals surface area contributed by atoms with Gasteiger partial charge in [0, 0.05) is 24.0 Å². The number of carbonyl (C=O) groups is 1. The van der Waals surface area contributed by atoms with Gasteiger partial charge in [0.1, 0.15) is 0 Å². The molecule has 0 spiro atoms. The Morgan fingerprint density at radius 1 is 1.43 bits per heavy atom. The number of nitrogens with one attached hydrogen (secondary N) is 2. The van der Waals surface area contributed by atoms with Gasteiger partial charge in [0.05, 0.1) is 12.1 Å². The average Bonchev–Trinajstić information content (AvgIpc) is 3.12. The van der Waals surface area contributed by atoms with Crippen LogP contribution in [0.2, 0.25) is 0 Å². The molecule has 1 aromatic carbocycles. The zero-order valence-corrected chi connectivity index (χ0v) is 12.9. The molecule has 0 radical (unpaired) electrons. The molecule has 0 aliphatic carbocycles. The van der Waals surface area contributed by atoms with E-state index in [9.17, 15) is 18.7 Å². The highest BCUT2D eigenvalue weighted by molar-refractivity contribution is 7.15. The number of amides is 1. The standard InChI is InChI=1S/C15H15F2N3O2S/c16-11-2-1-8(4-12(11)17)3-10-7-19-15(23-10)20-14(22)13-5-9(21)6-18-13/h1-2,4,7,9,13,18,21H,3,5-6H2,(H,19,20,22). The summed E-state index contributed by atoms with van der Waals surface area (Å²) in [5.74, 6) is -2.00. The number of hydrogen-bond donors (Lipinski definition) is 3. The fourth-order valence-electron chi connectivity index (χ4n) is 2.41. The lowest BCUT2D eigenvalue weighted by atomic mass is 10.1. The van der Waals surface area contributed by atoms with Crippen molar-refractivity contribution in [3.63, 3.8) is 0 Å². The van der Waals surface area contributed by atoms with Crippen LogP contribution in [0.5, 0.6) is 0 Å². The molecule has 2 atom stereocenters. The Morgan fingerprint density at radius 2 is 2.26 bits per heavy atom. The van der Waals surface area contributed by atoms with Gasteiger partial charge in [0.25, 0.3) is 0 Å². The van der Waals surface area contributed by atoms with Crippen LogP contribution >= 0.6 is 11.3 Å². The Kier molecular flexibility index (Phi) is 4.65. The van der Waals surface area contributed by atoms with E-state index in [1.165, 1.54) is 17.4 Å². The molecule has 8 heteroatoms. The van der Waals surface area contributed by atoms with E-state index < -0.39 is 23.8 Å². The van der Waals surface area contributed by atoms with E-state index in [1.807, 2.05) is 0 Å². The van der Waals surface area contributed by atoms with Crippen molar-refractivity contribution in [3.05, 3.63) is 46.5 Å². The predicted molar refractivity (Wildman–Crippen MR) is 82.3 cm³/mol. The fourth-order valence-corrected chi connectivity index (χ4v) is 3.26. The highest BCUT2D eigenvalue weighted by Crippen LogP contribution is 2.22. The van der Waals surface area contributed by atoms with E-state index in [0.29, 0.717) is 30.1 Å². The van der Waals surface area contributed by atoms with Gasteiger partial charge in [-0.1, -0.05) is 6.07 Å². The van der Waals surface area contributed by atoms with Gasteiger partial charge in [-0.2, -0.15) is 0 Å². The van der Waals surface area contributed by atoms with Gasteiger partial charge < -0.3 is 15.7 Å². The number of β-amino-alcohol motifs (C(OH)–C–C–N with tert-alkyl or cyclic N) is 1. The van der Waals surface area contributed by atoms with Crippen LogP contribution < -0.4 is 10.6 Å². The summed E-state index contributed by atoms with van der Waals surface area (Å²) in [4.78, 5) is 16.9. The van der Waals surface area contributed by atoms with E-state index in [4.69, 9.17) is 0 Å². The molecule has 0 saturated carbocycles. The number of halogens is 2. The minimum atomic E-state index is -0.883. The van der Waals surface area contributed by atoms with Gasteiger partial charge in [-0.05, 0) is 24.1 Å². The first-order valence-corrected chi connectivity index (χ1v) is 7.94. The molecule has 2 heterocycles. The molecule has 1 aliphatic heterocycles. The second-order valence-corrected chi connectivity index (χ2v) is 6.51. The zero-order valence-electron chi connectivity index (χ0n) is 12.1. The van der Waals surface area contributed by atoms with Gasteiger partial charge in [-0.3, -0.25) is 4.79 Å². The van der Waals surface area contributed by atoms with Crippen molar-refractivity contribution in [2.75, 3.05) is 11.9 Å². The third-order valence-corrected chi connectivity index (χ3v) is 4.48. The molecule has 5 nitrogen and oxygen atoms in total. The van der Waals surface area contributed by atoms with Gasteiger partial charge in [0.15, 0.2) is 16.8 Å². The van der Waals surface area contributed by atoms with E-state index in [2.05, 4.69) is 15.6 Å². The van der Waals surface area contributed by atoms with Gasteiger partial charge in [-0.25, -0.2) is 13.8 Å². The predicted octanol–water partition coefficient (Wildman–Crippen LogP) is 1.67. The molecule has 2 aromatic rings. The number of anilines is 1. The first-order chi connectivity index (χ1) is 11.0. The Balaban J connectivity index is 1.61. The molecule has 1 amide bonds. The lowest BCUT2D eigenvalue weighted by molar-refractivity contribution is -0.117. The summed E-state index contributed by atoms with van der Waals surface area (Å²) in [6.45, 7) is 0.400. The van der Waals surface area contributed by atoms with E-state index in [-0.39, 0.29) is 5.91 Å². The maximum absolute atomic E-state index is 13.2. The minimum Gasteiger partial charge on any atom is -0.392 e. The maximum atomic E-state index is 13.2.